The third-order valence-electron chi connectivity index (χ3n) is 3.59. The van der Waals surface area contributed by atoms with Crippen LogP contribution in [0.4, 0.5) is 0 Å². The van der Waals surface area contributed by atoms with Gasteiger partial charge in [-0.3, -0.25) is 14.3 Å². The van der Waals surface area contributed by atoms with E-state index in [-0.39, 0.29) is 18.3 Å². The van der Waals surface area contributed by atoms with Crippen molar-refractivity contribution >= 4 is 11.8 Å². The van der Waals surface area contributed by atoms with E-state index < -0.39 is 0 Å². The molecule has 1 aliphatic carbocycles. The highest BCUT2D eigenvalue weighted by Crippen LogP contribution is 2.27. The summed E-state index contributed by atoms with van der Waals surface area (Å²) in [5.74, 6) is -0.109. The van der Waals surface area contributed by atoms with Gasteiger partial charge in [0.15, 0.2) is 5.78 Å². The van der Waals surface area contributed by atoms with Gasteiger partial charge in [-0.05, 0) is 30.5 Å². The third kappa shape index (κ3) is 2.72. The van der Waals surface area contributed by atoms with E-state index in [0.717, 1.165) is 28.7 Å². The minimum atomic E-state index is -0.309. The second-order valence-electron chi connectivity index (χ2n) is 5.03. The number of carbonyl (C=O) groups is 2. The van der Waals surface area contributed by atoms with Crippen LogP contribution in [0.3, 0.4) is 0 Å². The lowest BCUT2D eigenvalue weighted by molar-refractivity contribution is -0.144. The first kappa shape index (κ1) is 13.5. The van der Waals surface area contributed by atoms with E-state index in [2.05, 4.69) is 5.10 Å². The van der Waals surface area contributed by atoms with Crippen molar-refractivity contribution in [1.82, 2.24) is 9.78 Å². The summed E-state index contributed by atoms with van der Waals surface area (Å²) < 4.78 is 6.43. The highest BCUT2D eigenvalue weighted by atomic mass is 16.5. The van der Waals surface area contributed by atoms with Crippen LogP contribution in [0.5, 0.6) is 0 Å². The van der Waals surface area contributed by atoms with Gasteiger partial charge in [0.1, 0.15) is 6.54 Å². The van der Waals surface area contributed by atoms with Gasteiger partial charge in [-0.25, -0.2) is 0 Å². The molecule has 0 radical (unpaired) electrons. The predicted octanol–water partition coefficient (Wildman–Crippen LogP) is 2.24. The van der Waals surface area contributed by atoms with E-state index in [1.54, 1.807) is 24.0 Å². The molecule has 0 saturated heterocycles. The number of benzene rings is 1. The predicted molar refractivity (Wildman–Crippen MR) is 76.9 cm³/mol. The molecule has 1 aliphatic rings. The van der Waals surface area contributed by atoms with Crippen LogP contribution >= 0.6 is 0 Å². The van der Waals surface area contributed by atoms with Crippen molar-refractivity contribution in [1.29, 1.82) is 0 Å². The molecule has 5 heteroatoms. The smallest absolute Gasteiger partial charge is 0.327 e. The Morgan fingerprint density at radius 3 is 3.00 bits per heavy atom. The molecule has 0 aliphatic heterocycles. The maximum Gasteiger partial charge on any atom is 0.327 e. The first-order valence-electron chi connectivity index (χ1n) is 7.02. The molecule has 108 valence electrons. The molecule has 1 heterocycles. The molecule has 0 spiro atoms. The number of hydrogen-bond acceptors (Lipinski definition) is 4. The fraction of sp³-hybridized carbons (Fsp3) is 0.312. The number of Topliss-reactive ketones (excluding diaryl/α,β-unsaturated/α-hetero) is 1. The standard InChI is InChI=1S/C16H16N2O3/c1-2-21-16(20)10-18-9-13(8-17-18)12-4-3-11-5-6-15(19)14(11)7-12/h3-4,7-9H,2,5-6,10H2,1H3. The number of aryl methyl sites for hydroxylation is 1. The zero-order valence-corrected chi connectivity index (χ0v) is 11.8. The number of nitrogens with zero attached hydrogens (tertiary/aromatic N) is 2. The molecule has 0 bridgehead atoms. The van der Waals surface area contributed by atoms with Crippen LogP contribution in [0.25, 0.3) is 11.1 Å². The summed E-state index contributed by atoms with van der Waals surface area (Å²) in [5.41, 5.74) is 3.76. The van der Waals surface area contributed by atoms with Gasteiger partial charge >= 0.3 is 5.97 Å². The second-order valence-corrected chi connectivity index (χ2v) is 5.03. The fourth-order valence-electron chi connectivity index (χ4n) is 2.55. The summed E-state index contributed by atoms with van der Waals surface area (Å²) in [6, 6.07) is 5.90. The third-order valence-corrected chi connectivity index (χ3v) is 3.59. The molecule has 3 rings (SSSR count). The Hall–Kier alpha value is -2.43. The van der Waals surface area contributed by atoms with Gasteiger partial charge in [0.2, 0.25) is 0 Å². The topological polar surface area (TPSA) is 61.2 Å². The van der Waals surface area contributed by atoms with Crippen LogP contribution in [-0.2, 0) is 22.5 Å². The first-order chi connectivity index (χ1) is 10.2. The summed E-state index contributed by atoms with van der Waals surface area (Å²) in [5, 5.41) is 4.16. The summed E-state index contributed by atoms with van der Waals surface area (Å²) >= 11 is 0. The SMILES string of the molecule is CCOC(=O)Cn1cc(-c2ccc3c(c2)C(=O)CC3)cn1. The van der Waals surface area contributed by atoms with Gasteiger partial charge in [-0.1, -0.05) is 12.1 Å². The van der Waals surface area contributed by atoms with Gasteiger partial charge in [-0.15, -0.1) is 0 Å². The lowest BCUT2D eigenvalue weighted by Crippen LogP contribution is -2.13. The van der Waals surface area contributed by atoms with Crippen molar-refractivity contribution in [2.24, 2.45) is 0 Å². The largest absolute Gasteiger partial charge is 0.465 e. The van der Waals surface area contributed by atoms with E-state index in [1.807, 2.05) is 18.2 Å². The van der Waals surface area contributed by atoms with Crippen LogP contribution < -0.4 is 0 Å². The Bertz CT molecular complexity index is 703. The van der Waals surface area contributed by atoms with Crippen LogP contribution in [0.15, 0.2) is 30.6 Å². The molecular formula is C16H16N2O3. The molecule has 1 aromatic heterocycles. The average molecular weight is 284 g/mol. The van der Waals surface area contributed by atoms with Crippen molar-refractivity contribution < 1.29 is 14.3 Å². The minimum Gasteiger partial charge on any atom is -0.465 e. The number of ketones is 1. The minimum absolute atomic E-state index is 0.0950. The monoisotopic (exact) mass is 284 g/mol. The van der Waals surface area contributed by atoms with Gasteiger partial charge < -0.3 is 4.74 Å². The molecule has 5 nitrogen and oxygen atoms in total. The van der Waals surface area contributed by atoms with Crippen LogP contribution in [0.1, 0.15) is 29.3 Å². The molecule has 0 fully saturated rings. The number of fused-ring (bicyclic) bond motifs is 1. The van der Waals surface area contributed by atoms with Crippen LogP contribution in [-0.4, -0.2) is 28.1 Å². The van der Waals surface area contributed by atoms with Crippen molar-refractivity contribution in [2.45, 2.75) is 26.3 Å². The van der Waals surface area contributed by atoms with E-state index in [1.165, 1.54) is 0 Å². The zero-order chi connectivity index (χ0) is 14.8. The molecule has 2 aromatic rings. The van der Waals surface area contributed by atoms with Gasteiger partial charge in [0.25, 0.3) is 0 Å². The lowest BCUT2D eigenvalue weighted by Gasteiger charge is -2.02. The Kier molecular flexibility index (Phi) is 3.56. The first-order valence-corrected chi connectivity index (χ1v) is 7.02. The van der Waals surface area contributed by atoms with E-state index in [4.69, 9.17) is 4.74 Å². The maximum atomic E-state index is 11.8. The molecule has 0 atom stereocenters. The van der Waals surface area contributed by atoms with E-state index >= 15 is 0 Å². The molecule has 0 saturated carbocycles. The molecule has 0 unspecified atom stereocenters. The molecule has 0 N–H and O–H groups in total. The number of aromatic nitrogens is 2. The molecular weight excluding hydrogens is 268 g/mol. The summed E-state index contributed by atoms with van der Waals surface area (Å²) in [6.07, 6.45) is 4.91. The zero-order valence-electron chi connectivity index (χ0n) is 11.8. The maximum absolute atomic E-state index is 11.8. The van der Waals surface area contributed by atoms with Crippen molar-refractivity contribution in [2.75, 3.05) is 6.61 Å². The van der Waals surface area contributed by atoms with Crippen molar-refractivity contribution in [3.63, 3.8) is 0 Å². The molecule has 0 amide bonds. The Balaban J connectivity index is 1.82. The van der Waals surface area contributed by atoms with E-state index in [9.17, 15) is 9.59 Å². The average Bonchev–Trinajstić information content (AvgIpc) is 3.06. The number of rotatable bonds is 4. The van der Waals surface area contributed by atoms with Gasteiger partial charge in [-0.2, -0.15) is 5.10 Å². The highest BCUT2D eigenvalue weighted by molar-refractivity contribution is 6.01. The summed E-state index contributed by atoms with van der Waals surface area (Å²) in [7, 11) is 0. The Morgan fingerprint density at radius 1 is 1.33 bits per heavy atom. The fourth-order valence-corrected chi connectivity index (χ4v) is 2.55. The number of ether oxygens (including phenoxy) is 1. The number of esters is 1. The Morgan fingerprint density at radius 2 is 2.19 bits per heavy atom. The van der Waals surface area contributed by atoms with Gasteiger partial charge in [0.05, 0.1) is 12.8 Å². The normalized spacial score (nSPS) is 13.3. The number of hydrogen-bond donors (Lipinski definition) is 0. The van der Waals surface area contributed by atoms with Crippen molar-refractivity contribution in [3.8, 4) is 11.1 Å². The highest BCUT2D eigenvalue weighted by Gasteiger charge is 2.19. The summed E-state index contributed by atoms with van der Waals surface area (Å²) in [6.45, 7) is 2.23. The van der Waals surface area contributed by atoms with E-state index in [0.29, 0.717) is 13.0 Å². The quantitative estimate of drug-likeness (QED) is 0.808. The molecule has 21 heavy (non-hydrogen) atoms. The molecule has 1 aromatic carbocycles. The Labute approximate surface area is 122 Å². The summed E-state index contributed by atoms with van der Waals surface area (Å²) in [4.78, 5) is 23.2. The van der Waals surface area contributed by atoms with Crippen molar-refractivity contribution in [3.05, 3.63) is 41.7 Å². The van der Waals surface area contributed by atoms with Crippen LogP contribution in [0, 0.1) is 0 Å². The number of carbonyl (C=O) groups excluding carboxylic acids is 2. The lowest BCUT2D eigenvalue weighted by atomic mass is 10.0. The van der Waals surface area contributed by atoms with Gasteiger partial charge in [0, 0.05) is 23.7 Å². The van der Waals surface area contributed by atoms with Crippen LogP contribution in [0.2, 0.25) is 0 Å². The second kappa shape index (κ2) is 5.52.